The van der Waals surface area contributed by atoms with Gasteiger partial charge in [-0.2, -0.15) is 23.3 Å². The lowest BCUT2D eigenvalue weighted by Gasteiger charge is -2.15. The summed E-state index contributed by atoms with van der Waals surface area (Å²) in [6, 6.07) is 5.02. The quantitative estimate of drug-likeness (QED) is 0.179. The van der Waals surface area contributed by atoms with Crippen molar-refractivity contribution in [2.45, 2.75) is 58.8 Å². The van der Waals surface area contributed by atoms with Crippen molar-refractivity contribution in [3.63, 3.8) is 0 Å². The highest BCUT2D eigenvalue weighted by Gasteiger charge is 2.34. The fourth-order valence-electron chi connectivity index (χ4n) is 4.25. The van der Waals surface area contributed by atoms with Crippen LogP contribution in [0.1, 0.15) is 68.3 Å². The molecule has 224 valence electrons. The molecule has 0 atom stereocenters. The smallest absolute Gasteiger partial charge is 0.344 e. The van der Waals surface area contributed by atoms with Crippen molar-refractivity contribution in [1.82, 2.24) is 40.2 Å². The predicted octanol–water partition coefficient (Wildman–Crippen LogP) is 5.61. The molecule has 0 saturated heterocycles. The normalized spacial score (nSPS) is 12.3. The molecule has 0 spiro atoms. The van der Waals surface area contributed by atoms with Gasteiger partial charge in [0.2, 0.25) is 5.69 Å². The number of nitrogens with one attached hydrogen (secondary N) is 2. The molecule has 0 unspecified atom stereocenters. The SMILES string of the molecule is CC(C)n1cc([N+](=O)[O-])c(-c2nc3nccc(-c4ccc(CNC(=O)c5nc(C(C)(C)C)no5)c(C(F)(F)F)c4)c3[nH]2)n1. The number of aromatic nitrogens is 7. The maximum absolute atomic E-state index is 14.2. The Labute approximate surface area is 241 Å². The molecular formula is C27H26F3N9O4. The Bertz CT molecular complexity index is 1850. The molecule has 0 radical (unpaired) electrons. The molecule has 0 bridgehead atoms. The highest BCUT2D eigenvalue weighted by molar-refractivity contribution is 5.92. The van der Waals surface area contributed by atoms with Crippen LogP contribution in [-0.4, -0.2) is 45.7 Å². The summed E-state index contributed by atoms with van der Waals surface area (Å²) in [5.74, 6) is -0.837. The number of nitrogens with zero attached hydrogens (tertiary/aromatic N) is 7. The van der Waals surface area contributed by atoms with Crippen LogP contribution in [0.15, 0.2) is 41.2 Å². The van der Waals surface area contributed by atoms with E-state index >= 15 is 0 Å². The number of nitro groups is 1. The van der Waals surface area contributed by atoms with Gasteiger partial charge in [0.15, 0.2) is 17.3 Å². The van der Waals surface area contributed by atoms with Gasteiger partial charge in [0.1, 0.15) is 6.20 Å². The van der Waals surface area contributed by atoms with Crippen LogP contribution in [0.25, 0.3) is 33.8 Å². The zero-order chi connectivity index (χ0) is 31.3. The Hall–Kier alpha value is -5.15. The van der Waals surface area contributed by atoms with Crippen LogP contribution < -0.4 is 5.32 Å². The molecule has 13 nitrogen and oxygen atoms in total. The van der Waals surface area contributed by atoms with E-state index in [0.717, 1.165) is 6.07 Å². The van der Waals surface area contributed by atoms with Crippen LogP contribution in [0.2, 0.25) is 0 Å². The topological polar surface area (TPSA) is 171 Å². The molecule has 0 aliphatic rings. The Morgan fingerprint density at radius 3 is 2.56 bits per heavy atom. The molecule has 0 aliphatic carbocycles. The third-order valence-electron chi connectivity index (χ3n) is 6.51. The molecule has 16 heteroatoms. The molecule has 2 N–H and O–H groups in total. The van der Waals surface area contributed by atoms with E-state index in [4.69, 9.17) is 4.52 Å². The van der Waals surface area contributed by atoms with Gasteiger partial charge in [-0.1, -0.05) is 38.1 Å². The summed E-state index contributed by atoms with van der Waals surface area (Å²) in [6.45, 7) is 8.62. The Morgan fingerprint density at radius 2 is 1.93 bits per heavy atom. The van der Waals surface area contributed by atoms with E-state index in [2.05, 4.69) is 35.5 Å². The number of hydrogen-bond acceptors (Lipinski definition) is 9. The number of pyridine rings is 1. The summed E-state index contributed by atoms with van der Waals surface area (Å²) < 4.78 is 49.0. The van der Waals surface area contributed by atoms with E-state index in [1.807, 2.05) is 20.8 Å². The first kappa shape index (κ1) is 29.3. The van der Waals surface area contributed by atoms with Gasteiger partial charge in [0, 0.05) is 29.8 Å². The summed E-state index contributed by atoms with van der Waals surface area (Å²) in [4.78, 5) is 39.1. The van der Waals surface area contributed by atoms with Crippen LogP contribution in [0.4, 0.5) is 18.9 Å². The minimum absolute atomic E-state index is 0.0272. The molecular weight excluding hydrogens is 571 g/mol. The molecule has 43 heavy (non-hydrogen) atoms. The van der Waals surface area contributed by atoms with E-state index in [1.165, 1.54) is 35.3 Å². The number of fused-ring (bicyclic) bond motifs is 1. The summed E-state index contributed by atoms with van der Waals surface area (Å²) >= 11 is 0. The van der Waals surface area contributed by atoms with Crippen molar-refractivity contribution in [3.8, 4) is 22.6 Å². The third-order valence-corrected chi connectivity index (χ3v) is 6.51. The lowest BCUT2D eigenvalue weighted by molar-refractivity contribution is -0.384. The van der Waals surface area contributed by atoms with Gasteiger partial charge in [-0.3, -0.25) is 19.6 Å². The van der Waals surface area contributed by atoms with Crippen LogP contribution in [0, 0.1) is 10.1 Å². The number of alkyl halides is 3. The Morgan fingerprint density at radius 1 is 1.19 bits per heavy atom. The lowest BCUT2D eigenvalue weighted by atomic mass is 9.96. The number of aromatic amines is 1. The predicted molar refractivity (Wildman–Crippen MR) is 147 cm³/mol. The fourth-order valence-corrected chi connectivity index (χ4v) is 4.25. The summed E-state index contributed by atoms with van der Waals surface area (Å²) in [6.07, 6.45) is -2.09. The zero-order valence-corrected chi connectivity index (χ0v) is 23.6. The summed E-state index contributed by atoms with van der Waals surface area (Å²) in [7, 11) is 0. The van der Waals surface area contributed by atoms with Crippen LogP contribution in [0.3, 0.4) is 0 Å². The highest BCUT2D eigenvalue weighted by atomic mass is 19.4. The number of rotatable bonds is 7. The second-order valence-corrected chi connectivity index (χ2v) is 11.1. The standard InChI is InChI=1S/C27H26F3N9O4/c1-13(2)38-12-18(39(41)42)20(36-38)22-33-19-16(8-9-31-21(19)34-22)14-6-7-15(17(10-14)27(28,29)30)11-32-23(40)24-35-25(37-43-24)26(3,4)5/h6-10,12-13H,11H2,1-5H3,(H,32,40)(H,31,33,34). The molecule has 4 aromatic heterocycles. The van der Waals surface area contributed by atoms with Gasteiger partial charge in [0.25, 0.3) is 0 Å². The van der Waals surface area contributed by atoms with Crippen LogP contribution in [-0.2, 0) is 18.1 Å². The average Bonchev–Trinajstić information content (AvgIpc) is 3.68. The highest BCUT2D eigenvalue weighted by Crippen LogP contribution is 2.37. The monoisotopic (exact) mass is 597 g/mol. The van der Waals surface area contributed by atoms with Gasteiger partial charge in [-0.25, -0.2) is 9.97 Å². The van der Waals surface area contributed by atoms with Crippen molar-refractivity contribution >= 4 is 22.8 Å². The van der Waals surface area contributed by atoms with Crippen molar-refractivity contribution in [2.24, 2.45) is 0 Å². The maximum atomic E-state index is 14.2. The minimum Gasteiger partial charge on any atom is -0.344 e. The van der Waals surface area contributed by atoms with E-state index < -0.39 is 34.5 Å². The minimum atomic E-state index is -4.75. The molecule has 1 aromatic carbocycles. The molecule has 0 fully saturated rings. The van der Waals surface area contributed by atoms with E-state index in [0.29, 0.717) is 5.56 Å². The number of hydrogen-bond donors (Lipinski definition) is 2. The molecule has 5 aromatic rings. The summed E-state index contributed by atoms with van der Waals surface area (Å²) in [5.41, 5.74) is -1.04. The summed E-state index contributed by atoms with van der Waals surface area (Å²) in [5, 5.41) is 22.1. The lowest BCUT2D eigenvalue weighted by Crippen LogP contribution is -2.25. The largest absolute Gasteiger partial charge is 0.416 e. The van der Waals surface area contributed by atoms with E-state index in [-0.39, 0.29) is 57.3 Å². The third kappa shape index (κ3) is 5.80. The molecule has 0 aliphatic heterocycles. The van der Waals surface area contributed by atoms with E-state index in [9.17, 15) is 28.1 Å². The maximum Gasteiger partial charge on any atom is 0.416 e. The van der Waals surface area contributed by atoms with Gasteiger partial charge < -0.3 is 14.8 Å². The Balaban J connectivity index is 1.49. The zero-order valence-electron chi connectivity index (χ0n) is 23.6. The average molecular weight is 598 g/mol. The first-order valence-electron chi connectivity index (χ1n) is 13.0. The van der Waals surface area contributed by atoms with Crippen molar-refractivity contribution in [3.05, 3.63) is 69.6 Å². The van der Waals surface area contributed by atoms with Gasteiger partial charge >= 0.3 is 23.7 Å². The number of carbonyl (C=O) groups is 1. The van der Waals surface area contributed by atoms with E-state index in [1.54, 1.807) is 13.8 Å². The van der Waals surface area contributed by atoms with Crippen molar-refractivity contribution in [2.75, 3.05) is 0 Å². The van der Waals surface area contributed by atoms with Gasteiger partial charge in [-0.05, 0) is 37.1 Å². The van der Waals surface area contributed by atoms with Crippen LogP contribution in [0.5, 0.6) is 0 Å². The molecule has 0 saturated carbocycles. The number of H-pyrrole nitrogens is 1. The second kappa shape index (κ2) is 10.6. The van der Waals surface area contributed by atoms with Crippen LogP contribution >= 0.6 is 0 Å². The molecule has 5 rings (SSSR count). The van der Waals surface area contributed by atoms with Gasteiger partial charge in [-0.15, -0.1) is 0 Å². The van der Waals surface area contributed by atoms with Gasteiger partial charge in [0.05, 0.1) is 16.0 Å². The molecule has 4 heterocycles. The first-order valence-corrected chi connectivity index (χ1v) is 13.0. The number of carbonyl (C=O) groups excluding carboxylic acids is 1. The fraction of sp³-hybridized carbons (Fsp3) is 0.333. The number of imidazole rings is 1. The number of halogens is 3. The first-order chi connectivity index (χ1) is 20.1. The molecule has 1 amide bonds. The number of benzene rings is 1. The van der Waals surface area contributed by atoms with Crippen molar-refractivity contribution in [1.29, 1.82) is 0 Å². The second-order valence-electron chi connectivity index (χ2n) is 11.1. The van der Waals surface area contributed by atoms with Crippen molar-refractivity contribution < 1.29 is 27.4 Å². The Kier molecular flexibility index (Phi) is 7.23. The number of amides is 1.